The Hall–Kier alpha value is -4.49. The summed E-state index contributed by atoms with van der Waals surface area (Å²) in [6.07, 6.45) is 4.74. The summed E-state index contributed by atoms with van der Waals surface area (Å²) in [4.78, 5) is 46.2. The van der Waals surface area contributed by atoms with Gasteiger partial charge in [-0.15, -0.1) is 11.3 Å². The van der Waals surface area contributed by atoms with Crippen molar-refractivity contribution in [1.29, 1.82) is 0 Å². The van der Waals surface area contributed by atoms with E-state index < -0.39 is 23.4 Å². The molecule has 1 spiro atoms. The SMILES string of the molecule is CCCOc1ccc(C(=O)[C@@H]2[C@H](C(=O)c3cccs3)N3C=Cc4ccccc4[C@H]3[C@]23C(=O)Nc2ccccc23)cc1. The van der Waals surface area contributed by atoms with Gasteiger partial charge in [-0.05, 0) is 71.0 Å². The molecule has 0 radical (unpaired) electrons. The molecule has 41 heavy (non-hydrogen) atoms. The van der Waals surface area contributed by atoms with Crippen LogP contribution in [0.2, 0.25) is 0 Å². The first-order valence-corrected chi connectivity index (χ1v) is 14.7. The second-order valence-electron chi connectivity index (χ2n) is 10.7. The van der Waals surface area contributed by atoms with E-state index in [2.05, 4.69) is 5.32 Å². The molecule has 0 saturated carbocycles. The number of hydrogen-bond donors (Lipinski definition) is 1. The highest BCUT2D eigenvalue weighted by atomic mass is 32.1. The highest BCUT2D eigenvalue weighted by molar-refractivity contribution is 7.12. The minimum absolute atomic E-state index is 0.163. The first-order chi connectivity index (χ1) is 20.1. The fraction of sp³-hybridized carbons (Fsp3) is 0.206. The number of carbonyl (C=O) groups excluding carboxylic acids is 3. The van der Waals surface area contributed by atoms with Gasteiger partial charge in [0.25, 0.3) is 0 Å². The number of rotatable bonds is 7. The quantitative estimate of drug-likeness (QED) is 0.261. The lowest BCUT2D eigenvalue weighted by molar-refractivity contribution is -0.122. The molecule has 1 saturated heterocycles. The second kappa shape index (κ2) is 9.85. The van der Waals surface area contributed by atoms with Gasteiger partial charge in [-0.1, -0.05) is 55.5 Å². The van der Waals surface area contributed by atoms with E-state index in [4.69, 9.17) is 4.74 Å². The highest BCUT2D eigenvalue weighted by Crippen LogP contribution is 2.62. The predicted octanol–water partition coefficient (Wildman–Crippen LogP) is 6.52. The Bertz CT molecular complexity index is 1690. The number of thiophene rings is 1. The van der Waals surface area contributed by atoms with Crippen LogP contribution in [0.25, 0.3) is 6.08 Å². The van der Waals surface area contributed by atoms with Gasteiger partial charge in [0.05, 0.1) is 23.4 Å². The first kappa shape index (κ1) is 25.5. The second-order valence-corrected chi connectivity index (χ2v) is 11.6. The minimum Gasteiger partial charge on any atom is -0.494 e. The van der Waals surface area contributed by atoms with Crippen molar-refractivity contribution in [3.05, 3.63) is 124 Å². The lowest BCUT2D eigenvalue weighted by Crippen LogP contribution is -2.49. The number of anilines is 1. The maximum Gasteiger partial charge on any atom is 0.238 e. The largest absolute Gasteiger partial charge is 0.494 e. The van der Waals surface area contributed by atoms with E-state index in [0.29, 0.717) is 28.5 Å². The Kier molecular flexibility index (Phi) is 6.12. The van der Waals surface area contributed by atoms with Gasteiger partial charge in [0.15, 0.2) is 11.6 Å². The van der Waals surface area contributed by atoms with Crippen LogP contribution in [0.4, 0.5) is 5.69 Å². The van der Waals surface area contributed by atoms with Gasteiger partial charge < -0.3 is 15.0 Å². The Morgan fingerprint density at radius 2 is 1.73 bits per heavy atom. The monoisotopic (exact) mass is 560 g/mol. The van der Waals surface area contributed by atoms with Crippen molar-refractivity contribution in [2.75, 3.05) is 11.9 Å². The van der Waals surface area contributed by atoms with Gasteiger partial charge in [0.2, 0.25) is 5.91 Å². The van der Waals surface area contributed by atoms with Gasteiger partial charge >= 0.3 is 0 Å². The standard InChI is InChI=1S/C34H28N2O4S/c1-2-19-40-23-15-13-22(14-16-23)30(37)28-29(31(38)27-12-7-20-41-27)36-18-17-21-8-3-4-9-24(21)32(36)34(28)25-10-5-6-11-26(25)35-33(34)39/h3-18,20,28-29,32H,2,19H2,1H3,(H,35,39)/t28-,29+,32-,34+/m0/s1. The van der Waals surface area contributed by atoms with Gasteiger partial charge in [-0.2, -0.15) is 0 Å². The highest BCUT2D eigenvalue weighted by Gasteiger charge is 2.70. The smallest absolute Gasteiger partial charge is 0.238 e. The molecule has 4 atom stereocenters. The summed E-state index contributed by atoms with van der Waals surface area (Å²) in [7, 11) is 0. The number of ether oxygens (including phenoxy) is 1. The van der Waals surface area contributed by atoms with Gasteiger partial charge in [-0.25, -0.2) is 0 Å². The number of fused-ring (bicyclic) bond motifs is 6. The Labute approximate surface area is 242 Å². The molecule has 1 aromatic heterocycles. The van der Waals surface area contributed by atoms with Crippen molar-refractivity contribution < 1.29 is 19.1 Å². The number of Topliss-reactive ketones (excluding diaryl/α,β-unsaturated/α-hetero) is 2. The molecule has 0 aliphatic carbocycles. The van der Waals surface area contributed by atoms with Crippen LogP contribution in [0.5, 0.6) is 5.75 Å². The van der Waals surface area contributed by atoms with Gasteiger partial charge in [-0.3, -0.25) is 14.4 Å². The number of carbonyl (C=O) groups is 3. The maximum atomic E-state index is 14.8. The van der Waals surface area contributed by atoms with E-state index in [1.54, 1.807) is 30.3 Å². The van der Waals surface area contributed by atoms with Crippen molar-refractivity contribution in [2.24, 2.45) is 5.92 Å². The van der Waals surface area contributed by atoms with Crippen LogP contribution in [0.1, 0.15) is 56.1 Å². The van der Waals surface area contributed by atoms with Crippen molar-refractivity contribution in [3.63, 3.8) is 0 Å². The van der Waals surface area contributed by atoms with Crippen LogP contribution in [0.3, 0.4) is 0 Å². The van der Waals surface area contributed by atoms with E-state index >= 15 is 0 Å². The third-order valence-corrected chi connectivity index (χ3v) is 9.38. The lowest BCUT2D eigenvalue weighted by atomic mass is 9.63. The first-order valence-electron chi connectivity index (χ1n) is 13.9. The van der Waals surface area contributed by atoms with Gasteiger partial charge in [0.1, 0.15) is 17.2 Å². The summed E-state index contributed by atoms with van der Waals surface area (Å²) >= 11 is 1.35. The van der Waals surface area contributed by atoms with Crippen LogP contribution < -0.4 is 10.1 Å². The normalized spacial score (nSPS) is 23.6. The Morgan fingerprint density at radius 1 is 0.951 bits per heavy atom. The zero-order chi connectivity index (χ0) is 28.1. The molecule has 1 fully saturated rings. The van der Waals surface area contributed by atoms with Crippen LogP contribution >= 0.6 is 11.3 Å². The number of ketones is 2. The van der Waals surface area contributed by atoms with E-state index in [9.17, 15) is 14.4 Å². The number of nitrogens with zero attached hydrogens (tertiary/aromatic N) is 1. The maximum absolute atomic E-state index is 14.8. The topological polar surface area (TPSA) is 75.7 Å². The van der Waals surface area contributed by atoms with E-state index in [0.717, 1.165) is 23.1 Å². The molecular weight excluding hydrogens is 532 g/mol. The molecule has 6 nitrogen and oxygen atoms in total. The predicted molar refractivity (Wildman–Crippen MR) is 159 cm³/mol. The molecule has 1 amide bonds. The number of nitrogens with one attached hydrogen (secondary N) is 1. The van der Waals surface area contributed by atoms with Gasteiger partial charge in [0, 0.05) is 17.5 Å². The fourth-order valence-corrected chi connectivity index (χ4v) is 7.54. The number of para-hydroxylation sites is 1. The number of benzene rings is 3. The average Bonchev–Trinajstić information content (AvgIpc) is 3.72. The van der Waals surface area contributed by atoms with Crippen LogP contribution in [0.15, 0.2) is 96.5 Å². The van der Waals surface area contributed by atoms with Crippen LogP contribution in [0, 0.1) is 5.92 Å². The third-order valence-electron chi connectivity index (χ3n) is 8.50. The molecule has 204 valence electrons. The molecule has 3 aliphatic rings. The molecular formula is C34H28N2O4S. The molecule has 4 aromatic rings. The fourth-order valence-electron chi connectivity index (χ4n) is 6.85. The summed E-state index contributed by atoms with van der Waals surface area (Å²) in [6.45, 7) is 2.61. The molecule has 3 aliphatic heterocycles. The molecule has 0 bridgehead atoms. The molecule has 4 heterocycles. The van der Waals surface area contributed by atoms with Crippen LogP contribution in [-0.2, 0) is 10.2 Å². The Balaban J connectivity index is 1.47. The van der Waals surface area contributed by atoms with E-state index in [1.807, 2.05) is 84.1 Å². The molecule has 1 N–H and O–H groups in total. The van der Waals surface area contributed by atoms with E-state index in [-0.39, 0.29) is 17.5 Å². The van der Waals surface area contributed by atoms with Crippen molar-refractivity contribution >= 4 is 40.6 Å². The number of hydrogen-bond acceptors (Lipinski definition) is 6. The van der Waals surface area contributed by atoms with E-state index in [1.165, 1.54) is 11.3 Å². The summed E-state index contributed by atoms with van der Waals surface area (Å²) in [5.41, 5.74) is 2.42. The summed E-state index contributed by atoms with van der Waals surface area (Å²) in [5.74, 6) is -0.974. The molecule has 0 unspecified atom stereocenters. The van der Waals surface area contributed by atoms with Crippen molar-refractivity contribution in [3.8, 4) is 5.75 Å². The Morgan fingerprint density at radius 3 is 2.51 bits per heavy atom. The summed E-state index contributed by atoms with van der Waals surface area (Å²) in [5, 5.41) is 4.95. The summed E-state index contributed by atoms with van der Waals surface area (Å²) in [6, 6.07) is 24.7. The molecule has 3 aromatic carbocycles. The zero-order valence-electron chi connectivity index (χ0n) is 22.4. The molecule has 7 heteroatoms. The average molecular weight is 561 g/mol. The van der Waals surface area contributed by atoms with Crippen molar-refractivity contribution in [2.45, 2.75) is 30.8 Å². The lowest BCUT2D eigenvalue weighted by Gasteiger charge is -2.38. The third kappa shape index (κ3) is 3.72. The van der Waals surface area contributed by atoms with Crippen molar-refractivity contribution in [1.82, 2.24) is 4.90 Å². The minimum atomic E-state index is -1.33. The summed E-state index contributed by atoms with van der Waals surface area (Å²) < 4.78 is 5.75. The van der Waals surface area contributed by atoms with Crippen LogP contribution in [-0.4, -0.2) is 35.0 Å². The zero-order valence-corrected chi connectivity index (χ0v) is 23.3. The number of amides is 1. The molecule has 7 rings (SSSR count).